The van der Waals surface area contributed by atoms with Crippen molar-refractivity contribution in [3.8, 4) is 0 Å². The molecule has 1 aromatic carbocycles. The smallest absolute Gasteiger partial charge is 0.131 e. The molecule has 4 N–H and O–H groups in total. The van der Waals surface area contributed by atoms with Gasteiger partial charge in [-0.25, -0.2) is 4.98 Å². The number of benzene rings is 1. The van der Waals surface area contributed by atoms with Crippen LogP contribution in [0.1, 0.15) is 58.8 Å². The summed E-state index contributed by atoms with van der Waals surface area (Å²) in [5.41, 5.74) is 11.1. The number of anilines is 1. The Kier molecular flexibility index (Phi) is 10.0. The lowest BCUT2D eigenvalue weighted by molar-refractivity contribution is 0.446. The summed E-state index contributed by atoms with van der Waals surface area (Å²) in [4.78, 5) is 3.99. The summed E-state index contributed by atoms with van der Waals surface area (Å²) < 4.78 is 0. The number of nitrogens with two attached hydrogens (primary N) is 2. The SMILES string of the molecule is CCCCC(C)CCCCCN.Nc1nccc2ccccc12. The molecule has 0 spiro atoms. The zero-order valence-corrected chi connectivity index (χ0v) is 14.8. The van der Waals surface area contributed by atoms with Gasteiger partial charge in [0.25, 0.3) is 0 Å². The molecule has 1 atom stereocenters. The first kappa shape index (κ1) is 19.4. The normalized spacial score (nSPS) is 11.8. The summed E-state index contributed by atoms with van der Waals surface area (Å²) in [6, 6.07) is 9.89. The highest BCUT2D eigenvalue weighted by Crippen LogP contribution is 2.17. The molecule has 1 heterocycles. The summed E-state index contributed by atoms with van der Waals surface area (Å²) in [5, 5.41) is 2.16. The van der Waals surface area contributed by atoms with Crippen LogP contribution in [0.15, 0.2) is 36.5 Å². The van der Waals surface area contributed by atoms with Crippen molar-refractivity contribution in [3.05, 3.63) is 36.5 Å². The van der Waals surface area contributed by atoms with Crippen molar-refractivity contribution in [2.45, 2.75) is 58.8 Å². The van der Waals surface area contributed by atoms with Gasteiger partial charge in [-0.2, -0.15) is 0 Å². The van der Waals surface area contributed by atoms with Gasteiger partial charge in [-0.15, -0.1) is 0 Å². The lowest BCUT2D eigenvalue weighted by atomic mass is 9.97. The fraction of sp³-hybridized carbons (Fsp3) is 0.550. The molecular weight excluding hydrogens is 282 g/mol. The van der Waals surface area contributed by atoms with E-state index in [1.165, 1.54) is 44.9 Å². The van der Waals surface area contributed by atoms with E-state index in [1.807, 2.05) is 30.3 Å². The van der Waals surface area contributed by atoms with Gasteiger partial charge in [0.15, 0.2) is 0 Å². The number of unbranched alkanes of at least 4 members (excludes halogenated alkanes) is 3. The van der Waals surface area contributed by atoms with Crippen molar-refractivity contribution in [2.75, 3.05) is 12.3 Å². The third-order valence-corrected chi connectivity index (χ3v) is 4.16. The number of hydrogen-bond acceptors (Lipinski definition) is 3. The van der Waals surface area contributed by atoms with Gasteiger partial charge in [-0.3, -0.25) is 0 Å². The largest absolute Gasteiger partial charge is 0.383 e. The van der Waals surface area contributed by atoms with Gasteiger partial charge >= 0.3 is 0 Å². The Balaban J connectivity index is 0.000000230. The number of nitrogens with zero attached hydrogens (tertiary/aromatic N) is 1. The van der Waals surface area contributed by atoms with Gasteiger partial charge in [0, 0.05) is 11.6 Å². The molecule has 0 aliphatic heterocycles. The van der Waals surface area contributed by atoms with Gasteiger partial charge in [0.2, 0.25) is 0 Å². The number of hydrogen-bond donors (Lipinski definition) is 2. The van der Waals surface area contributed by atoms with Crippen molar-refractivity contribution < 1.29 is 0 Å². The second-order valence-electron chi connectivity index (χ2n) is 6.30. The second-order valence-corrected chi connectivity index (χ2v) is 6.30. The lowest BCUT2D eigenvalue weighted by Crippen LogP contribution is -1.99. The summed E-state index contributed by atoms with van der Waals surface area (Å²) in [6.07, 6.45) is 11.2. The van der Waals surface area contributed by atoms with Crippen molar-refractivity contribution in [1.29, 1.82) is 0 Å². The van der Waals surface area contributed by atoms with E-state index >= 15 is 0 Å². The van der Waals surface area contributed by atoms with Crippen LogP contribution in [-0.4, -0.2) is 11.5 Å². The van der Waals surface area contributed by atoms with Crippen LogP contribution in [0.3, 0.4) is 0 Å². The molecule has 0 amide bonds. The molecule has 0 fully saturated rings. The maximum atomic E-state index is 5.65. The monoisotopic (exact) mass is 315 g/mol. The Hall–Kier alpha value is -1.61. The van der Waals surface area contributed by atoms with E-state index in [1.54, 1.807) is 6.20 Å². The highest BCUT2D eigenvalue weighted by Gasteiger charge is 2.00. The van der Waals surface area contributed by atoms with Crippen LogP contribution in [0, 0.1) is 5.92 Å². The summed E-state index contributed by atoms with van der Waals surface area (Å²) >= 11 is 0. The standard InChI is InChI=1S/C11H25N.C9H8N2/c1-3-4-8-11(2)9-6-5-7-10-12;10-9-8-4-2-1-3-7(8)5-6-11-9/h11H,3-10,12H2,1-2H3;1-6H,(H2,10,11). The van der Waals surface area contributed by atoms with Crippen LogP contribution in [0.4, 0.5) is 5.82 Å². The van der Waals surface area contributed by atoms with Crippen molar-refractivity contribution in [2.24, 2.45) is 11.7 Å². The molecule has 0 aliphatic rings. The van der Waals surface area contributed by atoms with Gasteiger partial charge in [0.1, 0.15) is 5.82 Å². The molecule has 1 unspecified atom stereocenters. The van der Waals surface area contributed by atoms with E-state index in [2.05, 4.69) is 18.8 Å². The van der Waals surface area contributed by atoms with E-state index in [4.69, 9.17) is 11.5 Å². The van der Waals surface area contributed by atoms with Crippen LogP contribution >= 0.6 is 0 Å². The number of aromatic nitrogens is 1. The third kappa shape index (κ3) is 7.98. The fourth-order valence-corrected chi connectivity index (χ4v) is 2.65. The average molecular weight is 316 g/mol. The Morgan fingerprint density at radius 3 is 2.43 bits per heavy atom. The Morgan fingerprint density at radius 1 is 1.00 bits per heavy atom. The molecule has 0 saturated heterocycles. The minimum atomic E-state index is 0.600. The highest BCUT2D eigenvalue weighted by molar-refractivity contribution is 5.90. The van der Waals surface area contributed by atoms with Gasteiger partial charge in [0.05, 0.1) is 0 Å². The van der Waals surface area contributed by atoms with E-state index in [9.17, 15) is 0 Å². The van der Waals surface area contributed by atoms with Crippen LogP contribution < -0.4 is 11.5 Å². The third-order valence-electron chi connectivity index (χ3n) is 4.16. The first-order valence-electron chi connectivity index (χ1n) is 8.98. The average Bonchev–Trinajstić information content (AvgIpc) is 2.58. The maximum Gasteiger partial charge on any atom is 0.131 e. The molecule has 0 radical (unpaired) electrons. The summed E-state index contributed by atoms with van der Waals surface area (Å²) in [7, 11) is 0. The Bertz CT molecular complexity index is 534. The van der Waals surface area contributed by atoms with Crippen LogP contribution in [0.2, 0.25) is 0 Å². The van der Waals surface area contributed by atoms with Gasteiger partial charge in [-0.1, -0.05) is 76.6 Å². The molecule has 3 heteroatoms. The molecule has 128 valence electrons. The number of fused-ring (bicyclic) bond motifs is 1. The Labute approximate surface area is 141 Å². The summed E-state index contributed by atoms with van der Waals surface area (Å²) in [6.45, 7) is 5.50. The van der Waals surface area contributed by atoms with E-state index < -0.39 is 0 Å². The zero-order valence-electron chi connectivity index (χ0n) is 14.8. The molecule has 0 bridgehead atoms. The minimum Gasteiger partial charge on any atom is -0.383 e. The molecule has 23 heavy (non-hydrogen) atoms. The summed E-state index contributed by atoms with van der Waals surface area (Å²) in [5.74, 6) is 1.53. The predicted molar refractivity (Wildman–Crippen MR) is 102 cm³/mol. The maximum absolute atomic E-state index is 5.65. The van der Waals surface area contributed by atoms with Crippen molar-refractivity contribution in [1.82, 2.24) is 4.98 Å². The Morgan fingerprint density at radius 2 is 1.74 bits per heavy atom. The van der Waals surface area contributed by atoms with Crippen LogP contribution in [-0.2, 0) is 0 Å². The van der Waals surface area contributed by atoms with Crippen molar-refractivity contribution >= 4 is 16.6 Å². The first-order valence-corrected chi connectivity index (χ1v) is 8.98. The molecule has 0 saturated carbocycles. The topological polar surface area (TPSA) is 64.9 Å². The molecular formula is C20H33N3. The minimum absolute atomic E-state index is 0.600. The first-order chi connectivity index (χ1) is 11.2. The lowest BCUT2D eigenvalue weighted by Gasteiger charge is -2.09. The second kappa shape index (κ2) is 11.9. The quantitative estimate of drug-likeness (QED) is 0.662. The van der Waals surface area contributed by atoms with Crippen LogP contribution in [0.25, 0.3) is 10.8 Å². The molecule has 0 aliphatic carbocycles. The van der Waals surface area contributed by atoms with Crippen molar-refractivity contribution in [3.63, 3.8) is 0 Å². The molecule has 3 nitrogen and oxygen atoms in total. The molecule has 2 rings (SSSR count). The van der Waals surface area contributed by atoms with Gasteiger partial charge < -0.3 is 11.5 Å². The zero-order chi connectivity index (χ0) is 16.9. The number of nitrogen functional groups attached to an aromatic ring is 1. The fourth-order valence-electron chi connectivity index (χ4n) is 2.65. The number of pyridine rings is 1. The molecule has 2 aromatic rings. The highest BCUT2D eigenvalue weighted by atomic mass is 14.8. The van der Waals surface area contributed by atoms with E-state index in [0.29, 0.717) is 5.82 Å². The molecule has 1 aromatic heterocycles. The van der Waals surface area contributed by atoms with Gasteiger partial charge in [-0.05, 0) is 30.3 Å². The number of rotatable bonds is 8. The predicted octanol–water partition coefficient (Wildman–Crippen LogP) is 5.15. The van der Waals surface area contributed by atoms with Crippen LogP contribution in [0.5, 0.6) is 0 Å². The van der Waals surface area contributed by atoms with E-state index in [-0.39, 0.29) is 0 Å². The van der Waals surface area contributed by atoms with E-state index in [0.717, 1.165) is 23.2 Å².